The molecule has 0 aliphatic heterocycles. The van der Waals surface area contributed by atoms with Crippen LogP contribution in [0.2, 0.25) is 0 Å². The number of nitrogens with zero attached hydrogens (tertiary/aromatic N) is 2. The lowest BCUT2D eigenvalue weighted by atomic mass is 10.2. The van der Waals surface area contributed by atoms with Gasteiger partial charge in [0.2, 0.25) is 5.95 Å². The molecule has 5 heteroatoms. The Hall–Kier alpha value is -2.14. The van der Waals surface area contributed by atoms with E-state index in [1.165, 1.54) is 0 Å². The molecule has 0 fully saturated rings. The highest BCUT2D eigenvalue weighted by Crippen LogP contribution is 2.30. The first kappa shape index (κ1) is 12.9. The molecule has 3 aromatic rings. The van der Waals surface area contributed by atoms with Crippen LogP contribution >= 0.6 is 15.9 Å². The van der Waals surface area contributed by atoms with E-state index in [1.807, 2.05) is 49.4 Å². The Morgan fingerprint density at radius 1 is 1.05 bits per heavy atom. The molecule has 0 atom stereocenters. The molecule has 0 aliphatic carbocycles. The largest absolute Gasteiger partial charge is 0.368 e. The average molecular weight is 329 g/mol. The van der Waals surface area contributed by atoms with Crippen LogP contribution < -0.4 is 11.1 Å². The normalized spacial score (nSPS) is 10.7. The van der Waals surface area contributed by atoms with E-state index in [0.29, 0.717) is 5.82 Å². The lowest BCUT2D eigenvalue weighted by Crippen LogP contribution is -2.02. The van der Waals surface area contributed by atoms with Gasteiger partial charge in [-0.05, 0) is 46.6 Å². The van der Waals surface area contributed by atoms with Crippen molar-refractivity contribution in [2.75, 3.05) is 11.1 Å². The van der Waals surface area contributed by atoms with Crippen molar-refractivity contribution in [3.63, 3.8) is 0 Å². The van der Waals surface area contributed by atoms with Gasteiger partial charge in [-0.15, -0.1) is 0 Å². The van der Waals surface area contributed by atoms with E-state index in [0.717, 1.165) is 26.6 Å². The molecule has 1 heterocycles. The minimum atomic E-state index is 0.259. The Bertz CT molecular complexity index is 786. The summed E-state index contributed by atoms with van der Waals surface area (Å²) in [7, 11) is 0. The fraction of sp³-hybridized carbons (Fsp3) is 0.0667. The SMILES string of the molecule is Cc1cccc(Nc2nc(N)nc3ccccc23)c1Br. The number of hydrogen-bond acceptors (Lipinski definition) is 4. The summed E-state index contributed by atoms with van der Waals surface area (Å²) in [6.07, 6.45) is 0. The summed E-state index contributed by atoms with van der Waals surface area (Å²) in [5.74, 6) is 0.967. The quantitative estimate of drug-likeness (QED) is 0.745. The van der Waals surface area contributed by atoms with Gasteiger partial charge in [-0.2, -0.15) is 4.98 Å². The number of nitrogens with two attached hydrogens (primary N) is 1. The van der Waals surface area contributed by atoms with Crippen LogP contribution in [0.4, 0.5) is 17.5 Å². The Labute approximate surface area is 125 Å². The van der Waals surface area contributed by atoms with E-state index in [1.54, 1.807) is 0 Å². The molecule has 3 N–H and O–H groups in total. The van der Waals surface area contributed by atoms with Gasteiger partial charge in [0.1, 0.15) is 5.82 Å². The zero-order valence-electron chi connectivity index (χ0n) is 10.9. The van der Waals surface area contributed by atoms with E-state index in [2.05, 4.69) is 31.2 Å². The molecule has 0 saturated carbocycles. The number of hydrogen-bond donors (Lipinski definition) is 2. The van der Waals surface area contributed by atoms with Crippen molar-refractivity contribution in [2.45, 2.75) is 6.92 Å². The average Bonchev–Trinajstić information content (AvgIpc) is 2.43. The van der Waals surface area contributed by atoms with Gasteiger partial charge in [0.15, 0.2) is 0 Å². The third-order valence-electron chi connectivity index (χ3n) is 3.07. The van der Waals surface area contributed by atoms with Gasteiger partial charge < -0.3 is 11.1 Å². The summed E-state index contributed by atoms with van der Waals surface area (Å²) in [4.78, 5) is 8.53. The summed E-state index contributed by atoms with van der Waals surface area (Å²) < 4.78 is 1.02. The smallest absolute Gasteiger partial charge is 0.222 e. The van der Waals surface area contributed by atoms with Gasteiger partial charge in [-0.1, -0.05) is 24.3 Å². The van der Waals surface area contributed by atoms with Crippen LogP contribution in [0.15, 0.2) is 46.9 Å². The molecule has 3 rings (SSSR count). The van der Waals surface area contributed by atoms with Crippen LogP contribution in [0.5, 0.6) is 0 Å². The Morgan fingerprint density at radius 3 is 2.70 bits per heavy atom. The van der Waals surface area contributed by atoms with Crippen molar-refractivity contribution in [1.29, 1.82) is 0 Å². The number of fused-ring (bicyclic) bond motifs is 1. The van der Waals surface area contributed by atoms with Crippen LogP contribution in [-0.4, -0.2) is 9.97 Å². The molecule has 2 aromatic carbocycles. The van der Waals surface area contributed by atoms with Crippen LogP contribution in [0.3, 0.4) is 0 Å². The number of nitrogen functional groups attached to an aromatic ring is 1. The molecule has 0 amide bonds. The Kier molecular flexibility index (Phi) is 3.28. The standard InChI is InChI=1S/C15H13BrN4/c1-9-5-4-8-12(13(9)16)18-14-10-6-2-3-7-11(10)19-15(17)20-14/h2-8H,1H3,(H3,17,18,19,20). The molecule has 1 aromatic heterocycles. The van der Waals surface area contributed by atoms with Crippen LogP contribution in [-0.2, 0) is 0 Å². The molecule has 100 valence electrons. The summed E-state index contributed by atoms with van der Waals surface area (Å²) in [5, 5.41) is 4.26. The molecule has 0 spiro atoms. The Morgan fingerprint density at radius 2 is 1.85 bits per heavy atom. The minimum Gasteiger partial charge on any atom is -0.368 e. The highest BCUT2D eigenvalue weighted by Gasteiger charge is 2.08. The van der Waals surface area contributed by atoms with E-state index in [4.69, 9.17) is 5.73 Å². The molecule has 0 saturated heterocycles. The van der Waals surface area contributed by atoms with Gasteiger partial charge in [-0.25, -0.2) is 4.98 Å². The maximum absolute atomic E-state index is 5.77. The van der Waals surface area contributed by atoms with Crippen LogP contribution in [0.1, 0.15) is 5.56 Å². The number of rotatable bonds is 2. The van der Waals surface area contributed by atoms with Crippen molar-refractivity contribution >= 4 is 44.3 Å². The third-order valence-corrected chi connectivity index (χ3v) is 4.12. The predicted octanol–water partition coefficient (Wildman–Crippen LogP) is 4.03. The lowest BCUT2D eigenvalue weighted by molar-refractivity contribution is 1.23. The van der Waals surface area contributed by atoms with Crippen LogP contribution in [0.25, 0.3) is 10.9 Å². The summed E-state index contributed by atoms with van der Waals surface area (Å²) >= 11 is 3.58. The van der Waals surface area contributed by atoms with Crippen molar-refractivity contribution < 1.29 is 0 Å². The fourth-order valence-electron chi connectivity index (χ4n) is 2.06. The zero-order valence-corrected chi connectivity index (χ0v) is 12.5. The molecular weight excluding hydrogens is 316 g/mol. The maximum atomic E-state index is 5.77. The van der Waals surface area contributed by atoms with Gasteiger partial charge in [0.25, 0.3) is 0 Å². The van der Waals surface area contributed by atoms with Gasteiger partial charge >= 0.3 is 0 Å². The monoisotopic (exact) mass is 328 g/mol. The molecule has 4 nitrogen and oxygen atoms in total. The molecule has 20 heavy (non-hydrogen) atoms. The van der Waals surface area contributed by atoms with Crippen molar-refractivity contribution in [1.82, 2.24) is 9.97 Å². The Balaban J connectivity index is 2.13. The van der Waals surface area contributed by atoms with Gasteiger partial charge in [-0.3, -0.25) is 0 Å². The highest BCUT2D eigenvalue weighted by molar-refractivity contribution is 9.10. The van der Waals surface area contributed by atoms with Gasteiger partial charge in [0.05, 0.1) is 11.2 Å². The van der Waals surface area contributed by atoms with E-state index >= 15 is 0 Å². The molecule has 0 aliphatic rings. The second-order valence-corrected chi connectivity index (χ2v) is 5.30. The lowest BCUT2D eigenvalue weighted by Gasteiger charge is -2.12. The number of nitrogens with one attached hydrogen (secondary N) is 1. The predicted molar refractivity (Wildman–Crippen MR) is 86.1 cm³/mol. The van der Waals surface area contributed by atoms with Gasteiger partial charge in [0, 0.05) is 9.86 Å². The molecule has 0 unspecified atom stereocenters. The minimum absolute atomic E-state index is 0.259. The topological polar surface area (TPSA) is 63.8 Å². The number of aryl methyl sites for hydroxylation is 1. The second-order valence-electron chi connectivity index (χ2n) is 4.51. The maximum Gasteiger partial charge on any atom is 0.222 e. The van der Waals surface area contributed by atoms with E-state index in [9.17, 15) is 0 Å². The summed E-state index contributed by atoms with van der Waals surface area (Å²) in [6.45, 7) is 2.04. The highest BCUT2D eigenvalue weighted by atomic mass is 79.9. The first-order valence-corrected chi connectivity index (χ1v) is 6.99. The molecule has 0 radical (unpaired) electrons. The number of benzene rings is 2. The van der Waals surface area contributed by atoms with E-state index < -0.39 is 0 Å². The molecule has 0 bridgehead atoms. The molecular formula is C15H13BrN4. The van der Waals surface area contributed by atoms with Crippen molar-refractivity contribution in [3.8, 4) is 0 Å². The van der Waals surface area contributed by atoms with Crippen molar-refractivity contribution in [3.05, 3.63) is 52.5 Å². The van der Waals surface area contributed by atoms with Crippen LogP contribution in [0, 0.1) is 6.92 Å². The number of anilines is 3. The number of aromatic nitrogens is 2. The first-order valence-electron chi connectivity index (χ1n) is 6.19. The van der Waals surface area contributed by atoms with E-state index in [-0.39, 0.29) is 5.95 Å². The first-order chi connectivity index (χ1) is 9.65. The van der Waals surface area contributed by atoms with Crippen molar-refractivity contribution in [2.24, 2.45) is 0 Å². The second kappa shape index (κ2) is 5.09. The third kappa shape index (κ3) is 2.32. The summed E-state index contributed by atoms with van der Waals surface area (Å²) in [6, 6.07) is 13.8. The number of para-hydroxylation sites is 1. The summed E-state index contributed by atoms with van der Waals surface area (Å²) in [5.41, 5.74) is 8.70. The zero-order chi connectivity index (χ0) is 14.1. The fourth-order valence-corrected chi connectivity index (χ4v) is 2.42. The number of halogens is 1.